The number of hydrogen-bond acceptors (Lipinski definition) is 0. The van der Waals surface area contributed by atoms with E-state index in [0.717, 1.165) is 33.3 Å². The van der Waals surface area contributed by atoms with Crippen LogP contribution in [0.5, 0.6) is 0 Å². The zero-order chi connectivity index (χ0) is 16.2. The van der Waals surface area contributed by atoms with Crippen LogP contribution in [-0.4, -0.2) is 4.98 Å². The molecule has 23 heavy (non-hydrogen) atoms. The first-order valence-corrected chi connectivity index (χ1v) is 8.55. The Balaban J connectivity index is 1.97. The van der Waals surface area contributed by atoms with Gasteiger partial charge in [-0.15, -0.1) is 0 Å². The molecule has 0 spiro atoms. The molecule has 1 atom stereocenters. The normalized spacial score (nSPS) is 20.0. The van der Waals surface area contributed by atoms with E-state index in [4.69, 9.17) is 34.8 Å². The first-order valence-electron chi connectivity index (χ1n) is 7.42. The summed E-state index contributed by atoms with van der Waals surface area (Å²) in [4.78, 5) is 3.46. The van der Waals surface area contributed by atoms with Gasteiger partial charge >= 0.3 is 0 Å². The Labute approximate surface area is 149 Å². The molecule has 0 radical (unpaired) electrons. The van der Waals surface area contributed by atoms with E-state index in [1.54, 1.807) is 0 Å². The number of halogens is 3. The van der Waals surface area contributed by atoms with E-state index < -0.39 is 0 Å². The molecule has 0 fully saturated rings. The number of benzene rings is 2. The summed E-state index contributed by atoms with van der Waals surface area (Å²) in [5.74, 6) is 0. The Morgan fingerprint density at radius 2 is 1.83 bits per heavy atom. The summed E-state index contributed by atoms with van der Waals surface area (Å²) in [6.45, 7) is 2.22. The van der Waals surface area contributed by atoms with E-state index in [1.165, 1.54) is 5.22 Å². The molecule has 1 heterocycles. The predicted molar refractivity (Wildman–Crippen MR) is 99.9 cm³/mol. The van der Waals surface area contributed by atoms with Crippen LogP contribution in [0.25, 0.3) is 23.1 Å². The number of fused-ring (bicyclic) bond motifs is 3. The lowest BCUT2D eigenvalue weighted by Gasteiger charge is -2.27. The number of hydrogen-bond donors (Lipinski definition) is 1. The fourth-order valence-electron chi connectivity index (χ4n) is 3.27. The van der Waals surface area contributed by atoms with Crippen molar-refractivity contribution in [3.63, 3.8) is 0 Å². The van der Waals surface area contributed by atoms with Crippen molar-refractivity contribution in [1.82, 2.24) is 4.98 Å². The quantitative estimate of drug-likeness (QED) is 0.623. The Hall–Kier alpha value is -1.41. The van der Waals surface area contributed by atoms with Crippen LogP contribution in [0.15, 0.2) is 36.4 Å². The fraction of sp³-hybridized carbons (Fsp3) is 0.158. The molecule has 0 aliphatic heterocycles. The third kappa shape index (κ3) is 2.48. The molecule has 1 aliphatic carbocycles. The van der Waals surface area contributed by atoms with Gasteiger partial charge in [0.1, 0.15) is 0 Å². The summed E-state index contributed by atoms with van der Waals surface area (Å²) in [5, 5.41) is 5.41. The molecule has 3 aromatic rings. The molecule has 0 amide bonds. The van der Waals surface area contributed by atoms with Gasteiger partial charge in [0.15, 0.2) is 0 Å². The van der Waals surface area contributed by atoms with Crippen LogP contribution in [-0.2, 0) is 5.41 Å². The average molecular weight is 363 g/mol. The maximum Gasteiger partial charge on any atom is 0.0595 e. The van der Waals surface area contributed by atoms with Gasteiger partial charge < -0.3 is 4.98 Å². The van der Waals surface area contributed by atoms with Gasteiger partial charge in [0.2, 0.25) is 0 Å². The minimum Gasteiger partial charge on any atom is -0.355 e. The van der Waals surface area contributed by atoms with Crippen molar-refractivity contribution in [2.75, 3.05) is 0 Å². The van der Waals surface area contributed by atoms with Crippen LogP contribution in [0.1, 0.15) is 18.9 Å². The van der Waals surface area contributed by atoms with Crippen LogP contribution >= 0.6 is 34.8 Å². The molecule has 0 saturated carbocycles. The SMILES string of the molecule is CC1(c2ccc(Cl)c(Cl)c2)C=c2c([nH]c3ccc(Cl)cc23)=CC1. The van der Waals surface area contributed by atoms with Gasteiger partial charge in [-0.1, -0.05) is 59.9 Å². The molecule has 4 heteroatoms. The molecule has 1 aliphatic rings. The number of rotatable bonds is 1. The van der Waals surface area contributed by atoms with E-state index in [1.807, 2.05) is 36.4 Å². The molecule has 1 nitrogen and oxygen atoms in total. The van der Waals surface area contributed by atoms with E-state index in [9.17, 15) is 0 Å². The minimum absolute atomic E-state index is 0.126. The lowest BCUT2D eigenvalue weighted by molar-refractivity contribution is 0.653. The second-order valence-electron chi connectivity index (χ2n) is 6.24. The highest BCUT2D eigenvalue weighted by Gasteiger charge is 2.26. The molecule has 0 bridgehead atoms. The monoisotopic (exact) mass is 361 g/mol. The van der Waals surface area contributed by atoms with Crippen molar-refractivity contribution in [3.8, 4) is 0 Å². The molecule has 0 saturated heterocycles. The van der Waals surface area contributed by atoms with E-state index in [0.29, 0.717) is 10.0 Å². The maximum absolute atomic E-state index is 6.21. The topological polar surface area (TPSA) is 15.8 Å². The Kier molecular flexibility index (Phi) is 3.49. The molecule has 1 unspecified atom stereocenters. The molecular weight excluding hydrogens is 349 g/mol. The molecular formula is C19H14Cl3N. The van der Waals surface area contributed by atoms with Gasteiger partial charge in [-0.2, -0.15) is 0 Å². The smallest absolute Gasteiger partial charge is 0.0595 e. The van der Waals surface area contributed by atoms with Gasteiger partial charge in [-0.05, 0) is 42.3 Å². The largest absolute Gasteiger partial charge is 0.355 e. The van der Waals surface area contributed by atoms with Crippen LogP contribution in [0, 0.1) is 0 Å². The highest BCUT2D eigenvalue weighted by Crippen LogP contribution is 2.35. The van der Waals surface area contributed by atoms with Crippen molar-refractivity contribution in [2.24, 2.45) is 0 Å². The second kappa shape index (κ2) is 5.31. The van der Waals surface area contributed by atoms with Crippen LogP contribution in [0.2, 0.25) is 15.1 Å². The van der Waals surface area contributed by atoms with Crippen molar-refractivity contribution in [1.29, 1.82) is 0 Å². The summed E-state index contributed by atoms with van der Waals surface area (Å²) in [5.41, 5.74) is 2.13. The summed E-state index contributed by atoms with van der Waals surface area (Å²) in [6, 6.07) is 11.8. The third-order valence-corrected chi connectivity index (χ3v) is 5.58. The molecule has 116 valence electrons. The Morgan fingerprint density at radius 1 is 1.00 bits per heavy atom. The lowest BCUT2D eigenvalue weighted by atomic mass is 9.77. The number of nitrogens with one attached hydrogen (secondary N) is 1. The van der Waals surface area contributed by atoms with E-state index in [2.05, 4.69) is 24.1 Å². The summed E-state index contributed by atoms with van der Waals surface area (Å²) >= 11 is 18.4. The van der Waals surface area contributed by atoms with Crippen LogP contribution in [0.3, 0.4) is 0 Å². The zero-order valence-corrected chi connectivity index (χ0v) is 14.7. The predicted octanol–water partition coefficient (Wildman–Crippen LogP) is 5.05. The van der Waals surface area contributed by atoms with Gasteiger partial charge in [-0.25, -0.2) is 0 Å². The fourth-order valence-corrected chi connectivity index (χ4v) is 3.74. The zero-order valence-electron chi connectivity index (χ0n) is 12.5. The van der Waals surface area contributed by atoms with Gasteiger partial charge in [0.05, 0.1) is 10.0 Å². The van der Waals surface area contributed by atoms with E-state index >= 15 is 0 Å². The average Bonchev–Trinajstić information content (AvgIpc) is 2.87. The number of H-pyrrole nitrogens is 1. The molecule has 1 aromatic heterocycles. The Morgan fingerprint density at radius 3 is 2.61 bits per heavy atom. The standard InChI is InChI=1S/C19H14Cl3N/c1-19(11-2-4-15(21)16(22)8-11)7-6-18-14(10-19)13-9-12(20)3-5-17(13)23-18/h2-6,8-10,23H,7H2,1H3. The van der Waals surface area contributed by atoms with Crippen LogP contribution in [0.4, 0.5) is 0 Å². The van der Waals surface area contributed by atoms with Crippen molar-refractivity contribution in [2.45, 2.75) is 18.8 Å². The second-order valence-corrected chi connectivity index (χ2v) is 7.49. The van der Waals surface area contributed by atoms with Gasteiger partial charge in [0, 0.05) is 31.9 Å². The lowest BCUT2D eigenvalue weighted by Crippen LogP contribution is -2.34. The minimum atomic E-state index is -0.126. The molecule has 2 aromatic carbocycles. The van der Waals surface area contributed by atoms with Crippen molar-refractivity contribution in [3.05, 3.63) is 67.6 Å². The summed E-state index contributed by atoms with van der Waals surface area (Å²) < 4.78 is 0. The maximum atomic E-state index is 6.21. The van der Waals surface area contributed by atoms with Gasteiger partial charge in [0.25, 0.3) is 0 Å². The summed E-state index contributed by atoms with van der Waals surface area (Å²) in [6.07, 6.45) is 5.45. The molecule has 4 rings (SSSR count). The Bertz CT molecular complexity index is 1050. The van der Waals surface area contributed by atoms with Crippen LogP contribution < -0.4 is 10.6 Å². The molecule has 1 N–H and O–H groups in total. The van der Waals surface area contributed by atoms with Crippen molar-refractivity contribution < 1.29 is 0 Å². The van der Waals surface area contributed by atoms with E-state index in [-0.39, 0.29) is 5.41 Å². The summed E-state index contributed by atoms with van der Waals surface area (Å²) in [7, 11) is 0. The number of aromatic nitrogens is 1. The van der Waals surface area contributed by atoms with Crippen molar-refractivity contribution >= 4 is 57.9 Å². The van der Waals surface area contributed by atoms with Gasteiger partial charge in [-0.3, -0.25) is 0 Å². The highest BCUT2D eigenvalue weighted by molar-refractivity contribution is 6.42. The first kappa shape index (κ1) is 15.1. The highest BCUT2D eigenvalue weighted by atomic mass is 35.5. The first-order chi connectivity index (χ1) is 11.0. The third-order valence-electron chi connectivity index (χ3n) is 4.60. The number of aromatic amines is 1.